The molecule has 1 atom stereocenters. The number of carbonyl (C=O) groups is 1. The molecule has 0 aliphatic carbocycles. The normalized spacial score (nSPS) is 11.9. The van der Waals surface area contributed by atoms with Crippen LogP contribution >= 0.6 is 0 Å². The van der Waals surface area contributed by atoms with Crippen molar-refractivity contribution in [1.29, 1.82) is 0 Å². The molecule has 2 aromatic rings. The summed E-state index contributed by atoms with van der Waals surface area (Å²) in [6, 6.07) is 11.2. The molecule has 4 heteroatoms. The van der Waals surface area contributed by atoms with Crippen molar-refractivity contribution in [2.24, 2.45) is 0 Å². The first-order valence-corrected chi connectivity index (χ1v) is 6.30. The van der Waals surface area contributed by atoms with Crippen LogP contribution in [0.15, 0.2) is 47.1 Å². The SMILES string of the molecule is Cc1ccccc1NC(=O)N[C@H](C)Cc1ccco1. The van der Waals surface area contributed by atoms with Crippen LogP contribution in [0.25, 0.3) is 0 Å². The molecule has 0 saturated heterocycles. The zero-order valence-corrected chi connectivity index (χ0v) is 11.1. The number of hydrogen-bond acceptors (Lipinski definition) is 2. The predicted molar refractivity (Wildman–Crippen MR) is 75.2 cm³/mol. The van der Waals surface area contributed by atoms with Gasteiger partial charge in [-0.2, -0.15) is 0 Å². The number of amides is 2. The number of furan rings is 1. The average molecular weight is 258 g/mol. The molecule has 1 aromatic carbocycles. The van der Waals surface area contributed by atoms with E-state index < -0.39 is 0 Å². The molecular weight excluding hydrogens is 240 g/mol. The third-order valence-electron chi connectivity index (χ3n) is 2.86. The van der Waals surface area contributed by atoms with Gasteiger partial charge in [0.2, 0.25) is 0 Å². The van der Waals surface area contributed by atoms with Gasteiger partial charge in [0.05, 0.1) is 6.26 Å². The summed E-state index contributed by atoms with van der Waals surface area (Å²) in [4.78, 5) is 11.9. The van der Waals surface area contributed by atoms with Crippen LogP contribution in [0.5, 0.6) is 0 Å². The molecule has 2 rings (SSSR count). The summed E-state index contributed by atoms with van der Waals surface area (Å²) < 4.78 is 5.25. The molecule has 2 amide bonds. The minimum absolute atomic E-state index is 0.00942. The number of nitrogens with one attached hydrogen (secondary N) is 2. The largest absolute Gasteiger partial charge is 0.469 e. The second-order valence-electron chi connectivity index (χ2n) is 4.60. The van der Waals surface area contributed by atoms with Crippen LogP contribution in [0, 0.1) is 6.92 Å². The van der Waals surface area contributed by atoms with Crippen LogP contribution in [-0.4, -0.2) is 12.1 Å². The monoisotopic (exact) mass is 258 g/mol. The lowest BCUT2D eigenvalue weighted by Crippen LogP contribution is -2.37. The number of rotatable bonds is 4. The Bertz CT molecular complexity index is 535. The van der Waals surface area contributed by atoms with E-state index in [2.05, 4.69) is 10.6 Å². The maximum Gasteiger partial charge on any atom is 0.319 e. The molecule has 2 N–H and O–H groups in total. The van der Waals surface area contributed by atoms with Crippen molar-refractivity contribution in [1.82, 2.24) is 5.32 Å². The summed E-state index contributed by atoms with van der Waals surface area (Å²) in [5.41, 5.74) is 1.86. The molecule has 0 spiro atoms. The van der Waals surface area contributed by atoms with E-state index in [4.69, 9.17) is 4.42 Å². The Morgan fingerprint density at radius 2 is 2.05 bits per heavy atom. The maximum atomic E-state index is 11.9. The minimum atomic E-state index is -0.201. The third kappa shape index (κ3) is 3.88. The summed E-state index contributed by atoms with van der Waals surface area (Å²) in [7, 11) is 0. The van der Waals surface area contributed by atoms with E-state index in [9.17, 15) is 4.79 Å². The summed E-state index contributed by atoms with van der Waals surface area (Å²) in [6.45, 7) is 3.90. The van der Waals surface area contributed by atoms with Crippen LogP contribution < -0.4 is 10.6 Å². The van der Waals surface area contributed by atoms with E-state index in [-0.39, 0.29) is 12.1 Å². The summed E-state index contributed by atoms with van der Waals surface area (Å²) >= 11 is 0. The summed E-state index contributed by atoms with van der Waals surface area (Å²) in [6.07, 6.45) is 2.31. The number of urea groups is 1. The van der Waals surface area contributed by atoms with E-state index in [0.717, 1.165) is 17.0 Å². The van der Waals surface area contributed by atoms with E-state index in [0.29, 0.717) is 6.42 Å². The predicted octanol–water partition coefficient (Wildman–Crippen LogP) is 3.34. The quantitative estimate of drug-likeness (QED) is 0.883. The van der Waals surface area contributed by atoms with Gasteiger partial charge in [0.25, 0.3) is 0 Å². The fraction of sp³-hybridized carbons (Fsp3) is 0.267. The number of aryl methyl sites for hydroxylation is 1. The van der Waals surface area contributed by atoms with Crippen molar-refractivity contribution >= 4 is 11.7 Å². The third-order valence-corrected chi connectivity index (χ3v) is 2.86. The first-order valence-electron chi connectivity index (χ1n) is 6.30. The Morgan fingerprint density at radius 1 is 1.26 bits per heavy atom. The maximum absolute atomic E-state index is 11.9. The Balaban J connectivity index is 1.86. The van der Waals surface area contributed by atoms with Crippen LogP contribution in [0.2, 0.25) is 0 Å². The summed E-state index contributed by atoms with van der Waals surface area (Å²) in [5, 5.41) is 5.72. The van der Waals surface area contributed by atoms with Crippen LogP contribution in [-0.2, 0) is 6.42 Å². The molecule has 0 saturated carbocycles. The highest BCUT2D eigenvalue weighted by Crippen LogP contribution is 2.12. The van der Waals surface area contributed by atoms with Crippen molar-refractivity contribution in [3.8, 4) is 0 Å². The van der Waals surface area contributed by atoms with Crippen LogP contribution in [0.4, 0.5) is 10.5 Å². The minimum Gasteiger partial charge on any atom is -0.469 e. The second-order valence-corrected chi connectivity index (χ2v) is 4.60. The van der Waals surface area contributed by atoms with E-state index in [1.165, 1.54) is 0 Å². The van der Waals surface area contributed by atoms with Crippen LogP contribution in [0.3, 0.4) is 0 Å². The first-order chi connectivity index (χ1) is 9.15. The molecule has 0 unspecified atom stereocenters. The fourth-order valence-electron chi connectivity index (χ4n) is 1.88. The molecule has 4 nitrogen and oxygen atoms in total. The Labute approximate surface area is 112 Å². The van der Waals surface area contributed by atoms with E-state index in [1.54, 1.807) is 6.26 Å². The molecule has 0 bridgehead atoms. The molecule has 0 fully saturated rings. The molecule has 0 aliphatic rings. The highest BCUT2D eigenvalue weighted by atomic mass is 16.3. The molecule has 1 heterocycles. The van der Waals surface area contributed by atoms with Gasteiger partial charge in [-0.15, -0.1) is 0 Å². The molecule has 19 heavy (non-hydrogen) atoms. The highest BCUT2D eigenvalue weighted by molar-refractivity contribution is 5.90. The smallest absolute Gasteiger partial charge is 0.319 e. The molecule has 1 aromatic heterocycles. The topological polar surface area (TPSA) is 54.3 Å². The van der Waals surface area contributed by atoms with Gasteiger partial charge in [-0.05, 0) is 37.6 Å². The average Bonchev–Trinajstić information content (AvgIpc) is 2.84. The number of anilines is 1. The van der Waals surface area contributed by atoms with Gasteiger partial charge in [-0.3, -0.25) is 0 Å². The van der Waals surface area contributed by atoms with Crippen molar-refractivity contribution in [3.05, 3.63) is 54.0 Å². The number of para-hydroxylation sites is 1. The molecule has 100 valence electrons. The zero-order valence-electron chi connectivity index (χ0n) is 11.1. The van der Waals surface area contributed by atoms with Crippen LogP contribution in [0.1, 0.15) is 18.2 Å². The molecule has 0 radical (unpaired) electrons. The van der Waals surface area contributed by atoms with Gasteiger partial charge in [0.15, 0.2) is 0 Å². The first kappa shape index (κ1) is 13.2. The lowest BCUT2D eigenvalue weighted by atomic mass is 10.2. The van der Waals surface area contributed by atoms with Crippen molar-refractivity contribution < 1.29 is 9.21 Å². The molecular formula is C15H18N2O2. The van der Waals surface area contributed by atoms with E-state index in [1.807, 2.05) is 50.2 Å². The van der Waals surface area contributed by atoms with Gasteiger partial charge in [0.1, 0.15) is 5.76 Å². The number of hydrogen-bond donors (Lipinski definition) is 2. The van der Waals surface area contributed by atoms with Crippen molar-refractivity contribution in [2.75, 3.05) is 5.32 Å². The fourth-order valence-corrected chi connectivity index (χ4v) is 1.88. The number of benzene rings is 1. The Kier molecular flexibility index (Phi) is 4.23. The lowest BCUT2D eigenvalue weighted by molar-refractivity contribution is 0.248. The van der Waals surface area contributed by atoms with Gasteiger partial charge in [0, 0.05) is 18.2 Å². The van der Waals surface area contributed by atoms with Gasteiger partial charge in [-0.25, -0.2) is 4.79 Å². The van der Waals surface area contributed by atoms with Gasteiger partial charge in [-0.1, -0.05) is 18.2 Å². The highest BCUT2D eigenvalue weighted by Gasteiger charge is 2.10. The lowest BCUT2D eigenvalue weighted by Gasteiger charge is -2.14. The van der Waals surface area contributed by atoms with Crippen molar-refractivity contribution in [2.45, 2.75) is 26.3 Å². The Morgan fingerprint density at radius 3 is 2.74 bits per heavy atom. The Hall–Kier alpha value is -2.23. The van der Waals surface area contributed by atoms with E-state index >= 15 is 0 Å². The molecule has 0 aliphatic heterocycles. The van der Waals surface area contributed by atoms with Gasteiger partial charge < -0.3 is 15.1 Å². The second kappa shape index (κ2) is 6.09. The zero-order chi connectivity index (χ0) is 13.7. The van der Waals surface area contributed by atoms with Crippen molar-refractivity contribution in [3.63, 3.8) is 0 Å². The van der Waals surface area contributed by atoms with Gasteiger partial charge >= 0.3 is 6.03 Å². The number of carbonyl (C=O) groups excluding carboxylic acids is 1. The standard InChI is InChI=1S/C15H18N2O2/c1-11-6-3-4-8-14(11)17-15(18)16-12(2)10-13-7-5-9-19-13/h3-9,12H,10H2,1-2H3,(H2,16,17,18)/t12-/m1/s1. The summed E-state index contributed by atoms with van der Waals surface area (Å²) in [5.74, 6) is 0.865.